The molecular weight excluding hydrogens is 220 g/mol. The molecular formula is C14H9F2N. The zero-order valence-corrected chi connectivity index (χ0v) is 8.95. The molecule has 3 heteroatoms. The highest BCUT2D eigenvalue weighted by Gasteiger charge is 2.06. The van der Waals surface area contributed by atoms with Gasteiger partial charge in [0.25, 0.3) is 0 Å². The van der Waals surface area contributed by atoms with E-state index in [1.807, 2.05) is 6.07 Å². The maximum Gasteiger partial charge on any atom is 0.123 e. The lowest BCUT2D eigenvalue weighted by atomic mass is 9.98. The lowest BCUT2D eigenvalue weighted by Crippen LogP contribution is -1.90. The van der Waals surface area contributed by atoms with E-state index in [0.717, 1.165) is 5.56 Å². The van der Waals surface area contributed by atoms with Crippen LogP contribution >= 0.6 is 0 Å². The number of hydrogen-bond acceptors (Lipinski definition) is 1. The first-order chi connectivity index (χ1) is 8.20. The Bertz CT molecular complexity index is 568. The minimum atomic E-state index is -0.369. The predicted octanol–water partition coefficient (Wildman–Crippen LogP) is 3.70. The Kier molecular flexibility index (Phi) is 3.15. The Labute approximate surface area is 97.9 Å². The fraction of sp³-hybridized carbons (Fsp3) is 0.0714. The van der Waals surface area contributed by atoms with Crippen LogP contribution in [0.2, 0.25) is 0 Å². The summed E-state index contributed by atoms with van der Waals surface area (Å²) in [5.74, 6) is -0.710. The van der Waals surface area contributed by atoms with Gasteiger partial charge < -0.3 is 0 Å². The summed E-state index contributed by atoms with van der Waals surface area (Å²) in [4.78, 5) is 0. The smallest absolute Gasteiger partial charge is 0.123 e. The summed E-state index contributed by atoms with van der Waals surface area (Å²) in [6, 6.07) is 12.1. The Morgan fingerprint density at radius 2 is 1.59 bits per heavy atom. The van der Waals surface area contributed by atoms with E-state index in [0.29, 0.717) is 11.1 Å². The molecule has 84 valence electrons. The molecule has 0 heterocycles. The van der Waals surface area contributed by atoms with Crippen molar-refractivity contribution in [3.05, 3.63) is 59.7 Å². The van der Waals surface area contributed by atoms with Gasteiger partial charge in [0, 0.05) is 0 Å². The zero-order valence-electron chi connectivity index (χ0n) is 8.95. The quantitative estimate of drug-likeness (QED) is 0.770. The third-order valence-electron chi connectivity index (χ3n) is 2.50. The summed E-state index contributed by atoms with van der Waals surface area (Å²) in [7, 11) is 0. The third kappa shape index (κ3) is 2.48. The SMILES string of the molecule is N#CCc1ccc(F)cc1-c1ccc(F)cc1. The second-order valence-electron chi connectivity index (χ2n) is 3.64. The van der Waals surface area contributed by atoms with Gasteiger partial charge in [0.15, 0.2) is 0 Å². The molecule has 0 aliphatic heterocycles. The highest BCUT2D eigenvalue weighted by Crippen LogP contribution is 2.25. The lowest BCUT2D eigenvalue weighted by molar-refractivity contribution is 0.627. The molecule has 0 bridgehead atoms. The minimum absolute atomic E-state index is 0.201. The first-order valence-electron chi connectivity index (χ1n) is 5.12. The van der Waals surface area contributed by atoms with Crippen LogP contribution < -0.4 is 0 Å². The van der Waals surface area contributed by atoms with Gasteiger partial charge in [-0.3, -0.25) is 0 Å². The van der Waals surface area contributed by atoms with Gasteiger partial charge in [0.1, 0.15) is 11.6 Å². The zero-order chi connectivity index (χ0) is 12.3. The van der Waals surface area contributed by atoms with Crippen molar-refractivity contribution in [3.8, 4) is 17.2 Å². The second kappa shape index (κ2) is 4.75. The summed E-state index contributed by atoms with van der Waals surface area (Å²) in [6.07, 6.45) is 0.201. The van der Waals surface area contributed by atoms with Gasteiger partial charge in [-0.15, -0.1) is 0 Å². The molecule has 0 spiro atoms. The average molecular weight is 229 g/mol. The number of benzene rings is 2. The maximum absolute atomic E-state index is 13.2. The molecule has 0 unspecified atom stereocenters. The molecule has 0 N–H and O–H groups in total. The third-order valence-corrected chi connectivity index (χ3v) is 2.50. The van der Waals surface area contributed by atoms with Crippen LogP contribution in [-0.2, 0) is 6.42 Å². The lowest BCUT2D eigenvalue weighted by Gasteiger charge is -2.07. The predicted molar refractivity (Wildman–Crippen MR) is 61.1 cm³/mol. The van der Waals surface area contributed by atoms with Crippen molar-refractivity contribution in [2.75, 3.05) is 0 Å². The van der Waals surface area contributed by atoms with Gasteiger partial charge >= 0.3 is 0 Å². The van der Waals surface area contributed by atoms with Crippen molar-refractivity contribution in [1.29, 1.82) is 5.26 Å². The Balaban J connectivity index is 2.53. The van der Waals surface area contributed by atoms with Crippen LogP contribution in [0.15, 0.2) is 42.5 Å². The van der Waals surface area contributed by atoms with Crippen LogP contribution in [-0.4, -0.2) is 0 Å². The number of hydrogen-bond donors (Lipinski definition) is 0. The van der Waals surface area contributed by atoms with E-state index in [-0.39, 0.29) is 18.1 Å². The van der Waals surface area contributed by atoms with Crippen molar-refractivity contribution in [2.45, 2.75) is 6.42 Å². The molecule has 1 nitrogen and oxygen atoms in total. The van der Waals surface area contributed by atoms with Gasteiger partial charge in [-0.1, -0.05) is 18.2 Å². The van der Waals surface area contributed by atoms with E-state index < -0.39 is 0 Å². The number of nitrogens with zero attached hydrogens (tertiary/aromatic N) is 1. The normalized spacial score (nSPS) is 9.94. The Morgan fingerprint density at radius 1 is 0.941 bits per heavy atom. The summed E-state index contributed by atoms with van der Waals surface area (Å²) < 4.78 is 26.0. The molecule has 0 aliphatic rings. The molecule has 17 heavy (non-hydrogen) atoms. The van der Waals surface area contributed by atoms with Crippen molar-refractivity contribution in [3.63, 3.8) is 0 Å². The van der Waals surface area contributed by atoms with E-state index >= 15 is 0 Å². The van der Waals surface area contributed by atoms with Crippen molar-refractivity contribution < 1.29 is 8.78 Å². The van der Waals surface area contributed by atoms with Gasteiger partial charge in [0.2, 0.25) is 0 Å². The van der Waals surface area contributed by atoms with Crippen LogP contribution in [0.4, 0.5) is 8.78 Å². The molecule has 0 saturated carbocycles. The summed E-state index contributed by atoms with van der Waals surface area (Å²) >= 11 is 0. The molecule has 0 aromatic heterocycles. The molecule has 0 atom stereocenters. The van der Waals surface area contributed by atoms with Crippen LogP contribution in [0.25, 0.3) is 11.1 Å². The van der Waals surface area contributed by atoms with Crippen LogP contribution in [0.1, 0.15) is 5.56 Å². The number of rotatable bonds is 2. The average Bonchev–Trinajstić information content (AvgIpc) is 2.33. The Hall–Kier alpha value is -2.21. The minimum Gasteiger partial charge on any atom is -0.207 e. The van der Waals surface area contributed by atoms with Crippen LogP contribution in [0.5, 0.6) is 0 Å². The maximum atomic E-state index is 13.2. The molecule has 0 amide bonds. The Morgan fingerprint density at radius 3 is 2.24 bits per heavy atom. The molecule has 2 aromatic rings. The molecule has 2 rings (SSSR count). The fourth-order valence-corrected chi connectivity index (χ4v) is 1.69. The summed E-state index contributed by atoms with van der Waals surface area (Å²) in [5, 5.41) is 8.70. The van der Waals surface area contributed by atoms with Gasteiger partial charge in [-0.25, -0.2) is 8.78 Å². The molecule has 0 saturated heterocycles. The molecule has 0 radical (unpaired) electrons. The van der Waals surface area contributed by atoms with Crippen molar-refractivity contribution >= 4 is 0 Å². The molecule has 0 aliphatic carbocycles. The van der Waals surface area contributed by atoms with E-state index in [1.165, 1.54) is 24.3 Å². The van der Waals surface area contributed by atoms with E-state index in [4.69, 9.17) is 5.26 Å². The standard InChI is InChI=1S/C14H9F2N/c15-12-4-1-10(2-5-12)14-9-13(16)6-3-11(14)7-8-17/h1-6,9H,7H2. The first-order valence-corrected chi connectivity index (χ1v) is 5.12. The number of nitriles is 1. The second-order valence-corrected chi connectivity index (χ2v) is 3.64. The first kappa shape index (κ1) is 11.3. The van der Waals surface area contributed by atoms with Gasteiger partial charge in [-0.2, -0.15) is 5.26 Å². The largest absolute Gasteiger partial charge is 0.207 e. The molecule has 0 fully saturated rings. The van der Waals surface area contributed by atoms with Gasteiger partial charge in [0.05, 0.1) is 12.5 Å². The van der Waals surface area contributed by atoms with Crippen molar-refractivity contribution in [1.82, 2.24) is 0 Å². The van der Waals surface area contributed by atoms with Crippen LogP contribution in [0, 0.1) is 23.0 Å². The van der Waals surface area contributed by atoms with E-state index in [9.17, 15) is 8.78 Å². The fourth-order valence-electron chi connectivity index (χ4n) is 1.69. The summed E-state index contributed by atoms with van der Waals surface area (Å²) in [6.45, 7) is 0. The highest BCUT2D eigenvalue weighted by atomic mass is 19.1. The monoisotopic (exact) mass is 229 g/mol. The van der Waals surface area contributed by atoms with E-state index in [2.05, 4.69) is 0 Å². The van der Waals surface area contributed by atoms with Crippen LogP contribution in [0.3, 0.4) is 0 Å². The number of halogens is 2. The highest BCUT2D eigenvalue weighted by molar-refractivity contribution is 5.67. The molecule has 2 aromatic carbocycles. The summed E-state index contributed by atoms with van der Waals surface area (Å²) in [5.41, 5.74) is 2.07. The topological polar surface area (TPSA) is 23.8 Å². The van der Waals surface area contributed by atoms with Gasteiger partial charge in [-0.05, 0) is 41.0 Å². The van der Waals surface area contributed by atoms with Crippen molar-refractivity contribution in [2.24, 2.45) is 0 Å². The van der Waals surface area contributed by atoms with E-state index in [1.54, 1.807) is 18.2 Å².